The molecule has 0 saturated heterocycles. The molecule has 0 fully saturated rings. The van der Waals surface area contributed by atoms with Crippen LogP contribution in [0.25, 0.3) is 11.4 Å². The lowest BCUT2D eigenvalue weighted by Crippen LogP contribution is -2.11. The SMILES string of the molecule is Clc1cccc(Cl)c1SC[C@@H]1CSc2nnc(-c3ccncc3)n21. The summed E-state index contributed by atoms with van der Waals surface area (Å²) in [6.45, 7) is 0. The molecule has 2 aromatic heterocycles. The molecule has 0 unspecified atom stereocenters. The number of nitrogens with zero attached hydrogens (tertiary/aromatic N) is 4. The summed E-state index contributed by atoms with van der Waals surface area (Å²) < 4.78 is 2.21. The van der Waals surface area contributed by atoms with Crippen LogP contribution in [0.4, 0.5) is 0 Å². The van der Waals surface area contributed by atoms with Gasteiger partial charge >= 0.3 is 0 Å². The molecule has 1 aromatic carbocycles. The first-order chi connectivity index (χ1) is 11.7. The highest BCUT2D eigenvalue weighted by atomic mass is 35.5. The number of hydrogen-bond donors (Lipinski definition) is 0. The third-order valence-corrected chi connectivity index (χ3v) is 6.93. The van der Waals surface area contributed by atoms with Gasteiger partial charge in [-0.25, -0.2) is 0 Å². The molecule has 122 valence electrons. The Hall–Kier alpha value is -1.21. The van der Waals surface area contributed by atoms with E-state index in [1.165, 1.54) is 0 Å². The molecular weight excluding hydrogens is 383 g/mol. The Labute approximate surface area is 158 Å². The Morgan fingerprint density at radius 3 is 2.62 bits per heavy atom. The minimum Gasteiger partial charge on any atom is -0.297 e. The van der Waals surface area contributed by atoms with Gasteiger partial charge in [-0.3, -0.25) is 9.55 Å². The van der Waals surface area contributed by atoms with E-state index < -0.39 is 0 Å². The second kappa shape index (κ2) is 6.96. The summed E-state index contributed by atoms with van der Waals surface area (Å²) in [5.74, 6) is 2.71. The summed E-state index contributed by atoms with van der Waals surface area (Å²) in [4.78, 5) is 5.00. The highest BCUT2D eigenvalue weighted by Crippen LogP contribution is 2.41. The molecule has 0 N–H and O–H groups in total. The monoisotopic (exact) mass is 394 g/mol. The minimum absolute atomic E-state index is 0.292. The van der Waals surface area contributed by atoms with Crippen molar-refractivity contribution in [3.8, 4) is 11.4 Å². The van der Waals surface area contributed by atoms with Crippen molar-refractivity contribution in [3.05, 3.63) is 52.8 Å². The van der Waals surface area contributed by atoms with Crippen molar-refractivity contribution in [1.29, 1.82) is 0 Å². The van der Waals surface area contributed by atoms with Gasteiger partial charge < -0.3 is 0 Å². The summed E-state index contributed by atoms with van der Waals surface area (Å²) in [5.41, 5.74) is 1.03. The molecule has 0 radical (unpaired) electrons. The van der Waals surface area contributed by atoms with E-state index in [4.69, 9.17) is 23.2 Å². The molecule has 0 amide bonds. The number of aromatic nitrogens is 4. The fourth-order valence-corrected chi connectivity index (χ4v) is 5.56. The maximum absolute atomic E-state index is 6.27. The molecule has 0 spiro atoms. The van der Waals surface area contributed by atoms with E-state index in [9.17, 15) is 0 Å². The summed E-state index contributed by atoms with van der Waals surface area (Å²) in [6, 6.07) is 9.79. The zero-order chi connectivity index (χ0) is 16.5. The van der Waals surface area contributed by atoms with E-state index in [2.05, 4.69) is 19.7 Å². The molecule has 24 heavy (non-hydrogen) atoms. The zero-order valence-electron chi connectivity index (χ0n) is 12.4. The Bertz CT molecular complexity index is 850. The van der Waals surface area contributed by atoms with Crippen LogP contribution in [-0.4, -0.2) is 31.3 Å². The number of halogens is 2. The van der Waals surface area contributed by atoms with Gasteiger partial charge in [-0.05, 0) is 24.3 Å². The number of hydrogen-bond acceptors (Lipinski definition) is 5. The molecule has 4 rings (SSSR count). The predicted octanol–water partition coefficient (Wildman–Crippen LogP) is 5.09. The Morgan fingerprint density at radius 2 is 1.88 bits per heavy atom. The lowest BCUT2D eigenvalue weighted by molar-refractivity contribution is 0.597. The third kappa shape index (κ3) is 3.04. The number of rotatable bonds is 4. The van der Waals surface area contributed by atoms with Crippen molar-refractivity contribution < 1.29 is 0 Å². The molecule has 1 aliphatic heterocycles. The third-order valence-electron chi connectivity index (χ3n) is 3.71. The second-order valence-electron chi connectivity index (χ2n) is 5.24. The second-order valence-corrected chi connectivity index (χ2v) is 8.07. The Morgan fingerprint density at radius 1 is 1.12 bits per heavy atom. The van der Waals surface area contributed by atoms with Gasteiger partial charge in [0.1, 0.15) is 0 Å². The molecule has 3 heterocycles. The number of thioether (sulfide) groups is 2. The first-order valence-corrected chi connectivity index (χ1v) is 10.0. The highest BCUT2D eigenvalue weighted by Gasteiger charge is 2.28. The van der Waals surface area contributed by atoms with Crippen molar-refractivity contribution in [3.63, 3.8) is 0 Å². The van der Waals surface area contributed by atoms with Crippen molar-refractivity contribution in [1.82, 2.24) is 19.7 Å². The molecule has 4 nitrogen and oxygen atoms in total. The number of fused-ring (bicyclic) bond motifs is 1. The van der Waals surface area contributed by atoms with Gasteiger partial charge in [-0.1, -0.05) is 41.0 Å². The van der Waals surface area contributed by atoms with Crippen LogP contribution in [0.15, 0.2) is 52.8 Å². The fraction of sp³-hybridized carbons (Fsp3) is 0.188. The van der Waals surface area contributed by atoms with E-state index in [0.29, 0.717) is 16.1 Å². The molecular formula is C16H12Cl2N4S2. The average molecular weight is 395 g/mol. The smallest absolute Gasteiger partial charge is 0.191 e. The van der Waals surface area contributed by atoms with Crippen molar-refractivity contribution >= 4 is 46.7 Å². The zero-order valence-corrected chi connectivity index (χ0v) is 15.5. The standard InChI is InChI=1S/C16H12Cl2N4S2/c17-12-2-1-3-13(18)14(12)23-8-11-9-24-16-21-20-15(22(11)16)10-4-6-19-7-5-10/h1-7,11H,8-9H2/t11-/m1/s1. The lowest BCUT2D eigenvalue weighted by Gasteiger charge is -2.15. The van der Waals surface area contributed by atoms with E-state index in [-0.39, 0.29) is 0 Å². The van der Waals surface area contributed by atoms with Gasteiger partial charge in [0, 0.05) is 34.4 Å². The van der Waals surface area contributed by atoms with Gasteiger partial charge in [0.2, 0.25) is 0 Å². The van der Waals surface area contributed by atoms with Crippen LogP contribution in [-0.2, 0) is 0 Å². The van der Waals surface area contributed by atoms with Gasteiger partial charge in [-0.2, -0.15) is 0 Å². The summed E-state index contributed by atoms with van der Waals surface area (Å²) in [7, 11) is 0. The summed E-state index contributed by atoms with van der Waals surface area (Å²) in [5, 5.41) is 11.0. The van der Waals surface area contributed by atoms with Crippen LogP contribution in [0.2, 0.25) is 10.0 Å². The van der Waals surface area contributed by atoms with Crippen LogP contribution in [0.1, 0.15) is 6.04 Å². The largest absolute Gasteiger partial charge is 0.297 e. The van der Waals surface area contributed by atoms with E-state index >= 15 is 0 Å². The van der Waals surface area contributed by atoms with E-state index in [1.54, 1.807) is 35.9 Å². The molecule has 1 atom stereocenters. The van der Waals surface area contributed by atoms with Crippen LogP contribution >= 0.6 is 46.7 Å². The van der Waals surface area contributed by atoms with Crippen molar-refractivity contribution in [2.45, 2.75) is 16.1 Å². The van der Waals surface area contributed by atoms with Crippen molar-refractivity contribution in [2.75, 3.05) is 11.5 Å². The van der Waals surface area contributed by atoms with E-state index in [1.807, 2.05) is 30.3 Å². The maximum Gasteiger partial charge on any atom is 0.191 e. The summed E-state index contributed by atoms with van der Waals surface area (Å²) >= 11 is 15.9. The fourth-order valence-electron chi connectivity index (χ4n) is 2.57. The highest BCUT2D eigenvalue weighted by molar-refractivity contribution is 8.00. The van der Waals surface area contributed by atoms with Crippen LogP contribution in [0.3, 0.4) is 0 Å². The topological polar surface area (TPSA) is 43.6 Å². The molecule has 0 aliphatic carbocycles. The molecule has 1 aliphatic rings. The normalized spacial score (nSPS) is 16.3. The lowest BCUT2D eigenvalue weighted by atomic mass is 10.2. The number of benzene rings is 1. The van der Waals surface area contributed by atoms with Gasteiger partial charge in [0.05, 0.1) is 16.1 Å². The molecule has 3 aromatic rings. The quantitative estimate of drug-likeness (QED) is 0.576. The summed E-state index contributed by atoms with van der Waals surface area (Å²) in [6.07, 6.45) is 3.54. The van der Waals surface area contributed by atoms with E-state index in [0.717, 1.165) is 32.9 Å². The molecule has 8 heteroatoms. The van der Waals surface area contributed by atoms with Gasteiger partial charge in [-0.15, -0.1) is 22.0 Å². The predicted molar refractivity (Wildman–Crippen MR) is 100 cm³/mol. The minimum atomic E-state index is 0.292. The first kappa shape index (κ1) is 16.3. The molecule has 0 saturated carbocycles. The van der Waals surface area contributed by atoms with Crippen LogP contribution in [0.5, 0.6) is 0 Å². The molecule has 0 bridgehead atoms. The van der Waals surface area contributed by atoms with Crippen LogP contribution in [0, 0.1) is 0 Å². The van der Waals surface area contributed by atoms with Crippen LogP contribution < -0.4 is 0 Å². The number of pyridine rings is 1. The van der Waals surface area contributed by atoms with Gasteiger partial charge in [0.25, 0.3) is 0 Å². The first-order valence-electron chi connectivity index (χ1n) is 7.29. The Kier molecular flexibility index (Phi) is 4.72. The maximum atomic E-state index is 6.27. The Balaban J connectivity index is 1.59. The average Bonchev–Trinajstić information content (AvgIpc) is 3.18. The van der Waals surface area contributed by atoms with Crippen molar-refractivity contribution in [2.24, 2.45) is 0 Å². The van der Waals surface area contributed by atoms with Gasteiger partial charge in [0.15, 0.2) is 11.0 Å².